The fraction of sp³-hybridized carbons (Fsp3) is 0. The number of nitrogens with zero attached hydrogens (tertiary/aromatic N) is 1. The Labute approximate surface area is 90.9 Å². The van der Waals surface area contributed by atoms with Gasteiger partial charge >= 0.3 is 0 Å². The first-order valence-corrected chi connectivity index (χ1v) is 4.58. The van der Waals surface area contributed by atoms with Crippen molar-refractivity contribution in [2.75, 3.05) is 10.6 Å². The molecule has 0 bridgehead atoms. The molecular weight excluding hydrogens is 216 g/mol. The summed E-state index contributed by atoms with van der Waals surface area (Å²) in [6.07, 6.45) is 2.43. The predicted octanol–water partition coefficient (Wildman–Crippen LogP) is 1.35. The highest BCUT2D eigenvalue weighted by molar-refractivity contribution is 6.33. The van der Waals surface area contributed by atoms with Gasteiger partial charge in [-0.25, -0.2) is 4.90 Å². The van der Waals surface area contributed by atoms with E-state index in [0.717, 1.165) is 4.90 Å². The number of anilines is 2. The van der Waals surface area contributed by atoms with Crippen LogP contribution in [0.25, 0.3) is 0 Å². The average Bonchev–Trinajstić information content (AvgIpc) is 2.52. The Morgan fingerprint density at radius 3 is 2.27 bits per heavy atom. The molecule has 0 aromatic heterocycles. The first kappa shape index (κ1) is 9.73. The van der Waals surface area contributed by atoms with Gasteiger partial charge in [-0.3, -0.25) is 9.59 Å². The molecule has 0 fully saturated rings. The van der Waals surface area contributed by atoms with Gasteiger partial charge in [0, 0.05) is 12.2 Å². The SMILES string of the molecule is Nc1cc(N2C(=O)C=CC2=O)ccc1Cl. The molecule has 0 saturated heterocycles. The monoisotopic (exact) mass is 222 g/mol. The highest BCUT2D eigenvalue weighted by atomic mass is 35.5. The Balaban J connectivity index is 2.42. The van der Waals surface area contributed by atoms with Crippen LogP contribution in [0.4, 0.5) is 11.4 Å². The van der Waals surface area contributed by atoms with Crippen molar-refractivity contribution < 1.29 is 9.59 Å². The van der Waals surface area contributed by atoms with E-state index in [1.165, 1.54) is 18.2 Å². The summed E-state index contributed by atoms with van der Waals surface area (Å²) in [6, 6.07) is 4.61. The molecule has 0 unspecified atom stereocenters. The third-order valence-electron chi connectivity index (χ3n) is 2.05. The number of amides is 2. The molecule has 15 heavy (non-hydrogen) atoms. The molecule has 0 atom stereocenters. The molecule has 1 aromatic carbocycles. The number of hydrogen-bond donors (Lipinski definition) is 1. The molecule has 0 aliphatic carbocycles. The largest absolute Gasteiger partial charge is 0.397 e. The van der Waals surface area contributed by atoms with Crippen molar-refractivity contribution in [3.63, 3.8) is 0 Å². The molecule has 0 saturated carbocycles. The Morgan fingerprint density at radius 2 is 1.73 bits per heavy atom. The number of carbonyl (C=O) groups excluding carboxylic acids is 2. The van der Waals surface area contributed by atoms with Gasteiger partial charge in [-0.2, -0.15) is 0 Å². The molecule has 76 valence electrons. The first-order chi connectivity index (χ1) is 7.09. The lowest BCUT2D eigenvalue weighted by molar-refractivity contribution is -0.119. The summed E-state index contributed by atoms with van der Waals surface area (Å²) in [5.74, 6) is -0.747. The van der Waals surface area contributed by atoms with Crippen LogP contribution >= 0.6 is 11.6 Å². The maximum Gasteiger partial charge on any atom is 0.258 e. The fourth-order valence-electron chi connectivity index (χ4n) is 1.32. The predicted molar refractivity (Wildman–Crippen MR) is 57.5 cm³/mol. The molecule has 1 heterocycles. The fourth-order valence-corrected chi connectivity index (χ4v) is 1.44. The summed E-state index contributed by atoms with van der Waals surface area (Å²) in [7, 11) is 0. The van der Waals surface area contributed by atoms with E-state index in [2.05, 4.69) is 0 Å². The van der Waals surface area contributed by atoms with Gasteiger partial charge in [0.1, 0.15) is 0 Å². The van der Waals surface area contributed by atoms with Gasteiger partial charge < -0.3 is 5.73 Å². The van der Waals surface area contributed by atoms with Crippen LogP contribution in [-0.4, -0.2) is 11.8 Å². The van der Waals surface area contributed by atoms with E-state index in [9.17, 15) is 9.59 Å². The van der Waals surface area contributed by atoms with Crippen molar-refractivity contribution in [3.05, 3.63) is 35.4 Å². The second-order valence-electron chi connectivity index (χ2n) is 3.05. The van der Waals surface area contributed by atoms with Crippen LogP contribution in [0.15, 0.2) is 30.4 Å². The standard InChI is InChI=1S/C10H7ClN2O2/c11-7-2-1-6(5-8(7)12)13-9(14)3-4-10(13)15/h1-5H,12H2. The highest BCUT2D eigenvalue weighted by Crippen LogP contribution is 2.26. The molecule has 1 aliphatic heterocycles. The van der Waals surface area contributed by atoms with Crippen LogP contribution in [0, 0.1) is 0 Å². The number of hydrogen-bond acceptors (Lipinski definition) is 3. The normalized spacial score (nSPS) is 15.1. The third kappa shape index (κ3) is 1.59. The molecule has 1 aromatic rings. The van der Waals surface area contributed by atoms with E-state index < -0.39 is 0 Å². The summed E-state index contributed by atoms with van der Waals surface area (Å²) < 4.78 is 0. The summed E-state index contributed by atoms with van der Waals surface area (Å²) >= 11 is 5.73. The molecule has 2 N–H and O–H groups in total. The third-order valence-corrected chi connectivity index (χ3v) is 2.39. The molecular formula is C10H7ClN2O2. The molecule has 0 radical (unpaired) electrons. The minimum Gasteiger partial charge on any atom is -0.397 e. The van der Waals surface area contributed by atoms with Gasteiger partial charge in [0.25, 0.3) is 11.8 Å². The van der Waals surface area contributed by atoms with E-state index >= 15 is 0 Å². The van der Waals surface area contributed by atoms with Crippen molar-refractivity contribution in [3.8, 4) is 0 Å². The minimum atomic E-state index is -0.373. The minimum absolute atomic E-state index is 0.335. The highest BCUT2D eigenvalue weighted by Gasteiger charge is 2.25. The summed E-state index contributed by atoms with van der Waals surface area (Å²) in [6.45, 7) is 0. The van der Waals surface area contributed by atoms with Gasteiger partial charge in [-0.05, 0) is 18.2 Å². The maximum absolute atomic E-state index is 11.3. The van der Waals surface area contributed by atoms with Crippen LogP contribution in [-0.2, 0) is 9.59 Å². The van der Waals surface area contributed by atoms with Crippen LogP contribution in [0.2, 0.25) is 5.02 Å². The number of rotatable bonds is 1. The topological polar surface area (TPSA) is 63.4 Å². The zero-order valence-corrected chi connectivity index (χ0v) is 8.36. The Kier molecular flexibility index (Phi) is 2.21. The molecule has 5 heteroatoms. The average molecular weight is 223 g/mol. The molecule has 0 spiro atoms. The van der Waals surface area contributed by atoms with Crippen molar-refractivity contribution >= 4 is 34.8 Å². The Bertz CT molecular complexity index is 464. The van der Waals surface area contributed by atoms with Crippen LogP contribution in [0.5, 0.6) is 0 Å². The molecule has 2 amide bonds. The lowest BCUT2D eigenvalue weighted by Crippen LogP contribution is -2.29. The first-order valence-electron chi connectivity index (χ1n) is 4.21. The van der Waals surface area contributed by atoms with E-state index in [1.54, 1.807) is 12.1 Å². The number of imide groups is 1. The summed E-state index contributed by atoms with van der Waals surface area (Å²) in [5, 5.41) is 0.394. The van der Waals surface area contributed by atoms with Gasteiger partial charge in [-0.15, -0.1) is 0 Å². The maximum atomic E-state index is 11.3. The lowest BCUT2D eigenvalue weighted by Gasteiger charge is -2.14. The van der Waals surface area contributed by atoms with Crippen molar-refractivity contribution in [1.82, 2.24) is 0 Å². The van der Waals surface area contributed by atoms with E-state index in [1.807, 2.05) is 0 Å². The van der Waals surface area contributed by atoms with Crippen molar-refractivity contribution in [1.29, 1.82) is 0 Å². The molecule has 4 nitrogen and oxygen atoms in total. The zero-order valence-electron chi connectivity index (χ0n) is 7.61. The van der Waals surface area contributed by atoms with Crippen LogP contribution < -0.4 is 10.6 Å². The number of carbonyl (C=O) groups is 2. The van der Waals surface area contributed by atoms with Gasteiger partial charge in [-0.1, -0.05) is 11.6 Å². The van der Waals surface area contributed by atoms with E-state index in [4.69, 9.17) is 17.3 Å². The Hall–Kier alpha value is -1.81. The number of nitrogens with two attached hydrogens (primary N) is 1. The zero-order chi connectivity index (χ0) is 11.0. The van der Waals surface area contributed by atoms with Gasteiger partial charge in [0.2, 0.25) is 0 Å². The Morgan fingerprint density at radius 1 is 1.13 bits per heavy atom. The number of nitrogen functional groups attached to an aromatic ring is 1. The molecule has 1 aliphatic rings. The summed E-state index contributed by atoms with van der Waals surface area (Å²) in [5.41, 5.74) is 6.34. The van der Waals surface area contributed by atoms with Crippen LogP contribution in [0.1, 0.15) is 0 Å². The smallest absolute Gasteiger partial charge is 0.258 e. The van der Waals surface area contributed by atoms with Crippen LogP contribution in [0.3, 0.4) is 0 Å². The van der Waals surface area contributed by atoms with E-state index in [-0.39, 0.29) is 11.8 Å². The molecule has 2 rings (SSSR count). The lowest BCUT2D eigenvalue weighted by atomic mass is 10.2. The summed E-state index contributed by atoms with van der Waals surface area (Å²) in [4.78, 5) is 23.7. The number of halogens is 1. The number of benzene rings is 1. The van der Waals surface area contributed by atoms with E-state index in [0.29, 0.717) is 16.4 Å². The van der Waals surface area contributed by atoms with Gasteiger partial charge in [0.15, 0.2) is 0 Å². The van der Waals surface area contributed by atoms with Gasteiger partial charge in [0.05, 0.1) is 16.4 Å². The quantitative estimate of drug-likeness (QED) is 0.576. The van der Waals surface area contributed by atoms with Crippen molar-refractivity contribution in [2.45, 2.75) is 0 Å². The van der Waals surface area contributed by atoms with Crippen molar-refractivity contribution in [2.24, 2.45) is 0 Å². The second kappa shape index (κ2) is 3.40. The second-order valence-corrected chi connectivity index (χ2v) is 3.46.